The molecule has 0 unspecified atom stereocenters. The summed E-state index contributed by atoms with van der Waals surface area (Å²) < 4.78 is 30.7. The Morgan fingerprint density at radius 2 is 1.80 bits per heavy atom. The van der Waals surface area contributed by atoms with Gasteiger partial charge in [-0.3, -0.25) is 9.10 Å². The van der Waals surface area contributed by atoms with Crippen LogP contribution in [0.1, 0.15) is 15.9 Å². The zero-order valence-electron chi connectivity index (χ0n) is 13.6. The second kappa shape index (κ2) is 5.63. The SMILES string of the molecule is Cn1cc(C(=O)NS(=O)(=O)N2CCc3ccccc32)c2ccccc21. The molecule has 25 heavy (non-hydrogen) atoms. The summed E-state index contributed by atoms with van der Waals surface area (Å²) in [7, 11) is -2.13. The molecular weight excluding hydrogens is 338 g/mol. The Morgan fingerprint density at radius 1 is 1.08 bits per heavy atom. The first kappa shape index (κ1) is 15.7. The summed E-state index contributed by atoms with van der Waals surface area (Å²) in [5.41, 5.74) is 2.80. The van der Waals surface area contributed by atoms with Crippen molar-refractivity contribution >= 4 is 32.7 Å². The number of fused-ring (bicyclic) bond motifs is 2. The van der Waals surface area contributed by atoms with Crippen molar-refractivity contribution in [3.8, 4) is 0 Å². The molecule has 1 amide bonds. The molecule has 0 radical (unpaired) electrons. The highest BCUT2D eigenvalue weighted by molar-refractivity contribution is 7.91. The number of amides is 1. The Labute approximate surface area is 145 Å². The van der Waals surface area contributed by atoms with Gasteiger partial charge in [0.15, 0.2) is 0 Å². The van der Waals surface area contributed by atoms with Gasteiger partial charge < -0.3 is 4.57 Å². The highest BCUT2D eigenvalue weighted by atomic mass is 32.2. The highest BCUT2D eigenvalue weighted by Crippen LogP contribution is 2.29. The van der Waals surface area contributed by atoms with E-state index in [2.05, 4.69) is 4.72 Å². The van der Waals surface area contributed by atoms with Crippen LogP contribution in [-0.2, 0) is 23.7 Å². The lowest BCUT2D eigenvalue weighted by molar-refractivity contribution is 0.0982. The number of carbonyl (C=O) groups is 1. The average Bonchev–Trinajstić information content (AvgIpc) is 3.17. The second-order valence-corrected chi connectivity index (χ2v) is 7.65. The smallest absolute Gasteiger partial charge is 0.326 e. The third-order valence-corrected chi connectivity index (χ3v) is 5.90. The number of benzene rings is 2. The average molecular weight is 355 g/mol. The van der Waals surface area contributed by atoms with E-state index in [0.717, 1.165) is 16.5 Å². The molecule has 0 saturated heterocycles. The first-order valence-corrected chi connectivity index (χ1v) is 9.38. The molecule has 0 saturated carbocycles. The van der Waals surface area contributed by atoms with Crippen LogP contribution in [-0.4, -0.2) is 25.4 Å². The fourth-order valence-electron chi connectivity index (χ4n) is 3.31. The number of hydrogen-bond acceptors (Lipinski definition) is 3. The highest BCUT2D eigenvalue weighted by Gasteiger charge is 2.31. The fraction of sp³-hybridized carbons (Fsp3) is 0.167. The van der Waals surface area contributed by atoms with E-state index < -0.39 is 16.1 Å². The van der Waals surface area contributed by atoms with Gasteiger partial charge in [-0.05, 0) is 24.1 Å². The van der Waals surface area contributed by atoms with Crippen LogP contribution in [0.25, 0.3) is 10.9 Å². The van der Waals surface area contributed by atoms with Gasteiger partial charge in [0.1, 0.15) is 0 Å². The minimum absolute atomic E-state index is 0.331. The fourth-order valence-corrected chi connectivity index (χ4v) is 4.53. The normalized spacial score (nSPS) is 13.9. The van der Waals surface area contributed by atoms with Gasteiger partial charge in [0.05, 0.1) is 11.3 Å². The van der Waals surface area contributed by atoms with Crippen LogP contribution in [0.2, 0.25) is 0 Å². The maximum Gasteiger partial charge on any atom is 0.326 e. The Bertz CT molecular complexity index is 1090. The molecule has 4 rings (SSSR count). The number of hydrogen-bond donors (Lipinski definition) is 1. The van der Waals surface area contributed by atoms with Crippen molar-refractivity contribution in [2.45, 2.75) is 6.42 Å². The number of aromatic nitrogens is 1. The molecule has 0 atom stereocenters. The van der Waals surface area contributed by atoms with Crippen molar-refractivity contribution in [3.63, 3.8) is 0 Å². The summed E-state index contributed by atoms with van der Waals surface area (Å²) in [6, 6.07) is 14.7. The first-order chi connectivity index (χ1) is 12.0. The Morgan fingerprint density at radius 3 is 2.64 bits per heavy atom. The van der Waals surface area contributed by atoms with Crippen LogP contribution >= 0.6 is 0 Å². The van der Waals surface area contributed by atoms with Crippen LogP contribution in [0.5, 0.6) is 0 Å². The zero-order chi connectivity index (χ0) is 17.6. The minimum Gasteiger partial charge on any atom is -0.350 e. The van der Waals surface area contributed by atoms with E-state index in [9.17, 15) is 13.2 Å². The number of para-hydroxylation sites is 2. The molecule has 3 aromatic rings. The molecule has 1 aliphatic rings. The summed E-state index contributed by atoms with van der Waals surface area (Å²) in [6.45, 7) is 0.331. The molecule has 2 aromatic carbocycles. The van der Waals surface area contributed by atoms with Crippen LogP contribution < -0.4 is 9.03 Å². The lowest BCUT2D eigenvalue weighted by atomic mass is 10.2. The maximum atomic E-state index is 12.7. The molecule has 2 heterocycles. The monoisotopic (exact) mass is 355 g/mol. The molecule has 0 aliphatic carbocycles. The van der Waals surface area contributed by atoms with Crippen molar-refractivity contribution in [2.24, 2.45) is 7.05 Å². The summed E-state index contributed by atoms with van der Waals surface area (Å²) in [5.74, 6) is -0.624. The lowest BCUT2D eigenvalue weighted by Crippen LogP contribution is -2.42. The summed E-state index contributed by atoms with van der Waals surface area (Å²) in [5, 5.41) is 0.722. The number of anilines is 1. The number of carbonyl (C=O) groups excluding carboxylic acids is 1. The van der Waals surface area contributed by atoms with Gasteiger partial charge >= 0.3 is 10.2 Å². The molecule has 7 heteroatoms. The van der Waals surface area contributed by atoms with Crippen LogP contribution in [0, 0.1) is 0 Å². The van der Waals surface area contributed by atoms with E-state index in [1.165, 1.54) is 4.31 Å². The molecule has 0 spiro atoms. The Hall–Kier alpha value is -2.80. The van der Waals surface area contributed by atoms with Gasteiger partial charge in [-0.25, -0.2) is 4.72 Å². The van der Waals surface area contributed by atoms with Gasteiger partial charge in [-0.2, -0.15) is 8.42 Å². The van der Waals surface area contributed by atoms with Crippen molar-refractivity contribution < 1.29 is 13.2 Å². The van der Waals surface area contributed by atoms with Crippen LogP contribution in [0.15, 0.2) is 54.7 Å². The second-order valence-electron chi connectivity index (χ2n) is 6.06. The third kappa shape index (κ3) is 2.56. The largest absolute Gasteiger partial charge is 0.350 e. The Balaban J connectivity index is 1.66. The van der Waals surface area contributed by atoms with E-state index in [4.69, 9.17) is 0 Å². The number of rotatable bonds is 3. The summed E-state index contributed by atoms with van der Waals surface area (Å²) in [6.07, 6.45) is 2.28. The number of aryl methyl sites for hydroxylation is 1. The first-order valence-electron chi connectivity index (χ1n) is 7.94. The molecule has 6 nitrogen and oxygen atoms in total. The van der Waals surface area contributed by atoms with Gasteiger partial charge in [0.2, 0.25) is 0 Å². The molecule has 1 N–H and O–H groups in total. The van der Waals surface area contributed by atoms with Crippen molar-refractivity contribution in [2.75, 3.05) is 10.8 Å². The molecule has 128 valence electrons. The standard InChI is InChI=1S/C18H17N3O3S/c1-20-12-15(14-7-3-5-9-17(14)20)18(22)19-25(23,24)21-11-10-13-6-2-4-8-16(13)21/h2-9,12H,10-11H2,1H3,(H,19,22). The topological polar surface area (TPSA) is 71.4 Å². The van der Waals surface area contributed by atoms with E-state index in [-0.39, 0.29) is 0 Å². The van der Waals surface area contributed by atoms with Crippen molar-refractivity contribution in [1.82, 2.24) is 9.29 Å². The van der Waals surface area contributed by atoms with Crippen molar-refractivity contribution in [3.05, 3.63) is 65.9 Å². The molecule has 0 fully saturated rings. The van der Waals surface area contributed by atoms with Gasteiger partial charge in [0.25, 0.3) is 5.91 Å². The molecular formula is C18H17N3O3S. The third-order valence-electron chi connectivity index (χ3n) is 4.50. The zero-order valence-corrected chi connectivity index (χ0v) is 14.5. The summed E-state index contributed by atoms with van der Waals surface area (Å²) >= 11 is 0. The minimum atomic E-state index is -3.96. The van der Waals surface area contributed by atoms with Gasteiger partial charge in [-0.1, -0.05) is 36.4 Å². The maximum absolute atomic E-state index is 12.7. The van der Waals surface area contributed by atoms with Crippen LogP contribution in [0.3, 0.4) is 0 Å². The van der Waals surface area contributed by atoms with Crippen LogP contribution in [0.4, 0.5) is 5.69 Å². The predicted molar refractivity (Wildman–Crippen MR) is 96.8 cm³/mol. The quantitative estimate of drug-likeness (QED) is 0.783. The Kier molecular flexibility index (Phi) is 3.54. The molecule has 1 aromatic heterocycles. The summed E-state index contributed by atoms with van der Waals surface area (Å²) in [4.78, 5) is 12.6. The lowest BCUT2D eigenvalue weighted by Gasteiger charge is -2.19. The van der Waals surface area contributed by atoms with E-state index >= 15 is 0 Å². The molecule has 0 bridgehead atoms. The van der Waals surface area contributed by atoms with E-state index in [1.807, 2.05) is 48.0 Å². The van der Waals surface area contributed by atoms with E-state index in [1.54, 1.807) is 18.3 Å². The molecule has 1 aliphatic heterocycles. The van der Waals surface area contributed by atoms with Gasteiger partial charge in [-0.15, -0.1) is 0 Å². The number of nitrogens with one attached hydrogen (secondary N) is 1. The number of nitrogens with zero attached hydrogens (tertiary/aromatic N) is 2. The van der Waals surface area contributed by atoms with Gasteiger partial charge in [0, 0.05) is 30.7 Å². The van der Waals surface area contributed by atoms with Crippen molar-refractivity contribution in [1.29, 1.82) is 0 Å². The predicted octanol–water partition coefficient (Wildman–Crippen LogP) is 2.22. The van der Waals surface area contributed by atoms with E-state index in [0.29, 0.717) is 24.2 Å².